The predicted molar refractivity (Wildman–Crippen MR) is 97.8 cm³/mol. The summed E-state index contributed by atoms with van der Waals surface area (Å²) in [6.45, 7) is 2.03. The summed E-state index contributed by atoms with van der Waals surface area (Å²) in [6.07, 6.45) is 0. The average molecular weight is 378 g/mol. The molecule has 6 nitrogen and oxygen atoms in total. The summed E-state index contributed by atoms with van der Waals surface area (Å²) < 4.78 is 18.6. The number of non-ortho nitro benzene ring substituents is 1. The van der Waals surface area contributed by atoms with E-state index in [4.69, 9.17) is 4.74 Å². The van der Waals surface area contributed by atoms with Gasteiger partial charge < -0.3 is 9.64 Å². The summed E-state index contributed by atoms with van der Waals surface area (Å²) in [5, 5.41) is 10.3. The highest BCUT2D eigenvalue weighted by atomic mass is 32.2. The van der Waals surface area contributed by atoms with Crippen LogP contribution in [0.15, 0.2) is 47.4 Å². The maximum absolute atomic E-state index is 13.8. The number of hydrogen-bond acceptors (Lipinski definition) is 5. The number of carbonyl (C=O) groups excluding carboxylic acids is 1. The van der Waals surface area contributed by atoms with E-state index in [0.717, 1.165) is 4.90 Å². The predicted octanol–water partition coefficient (Wildman–Crippen LogP) is 3.88. The van der Waals surface area contributed by atoms with Crippen molar-refractivity contribution in [2.75, 3.05) is 14.2 Å². The van der Waals surface area contributed by atoms with Crippen molar-refractivity contribution in [3.8, 4) is 5.75 Å². The first-order valence-corrected chi connectivity index (χ1v) is 8.68. The number of benzene rings is 2. The molecule has 0 aliphatic rings. The SMILES string of the molecule is COc1ccc(CN(C)C(=O)[C@@H](C)Sc2ccc([N+](=O)[O-])cc2)cc1F. The summed E-state index contributed by atoms with van der Waals surface area (Å²) >= 11 is 1.31. The van der Waals surface area contributed by atoms with E-state index in [1.165, 1.54) is 48.0 Å². The van der Waals surface area contributed by atoms with Crippen molar-refractivity contribution in [2.45, 2.75) is 23.6 Å². The fraction of sp³-hybridized carbons (Fsp3) is 0.278. The minimum absolute atomic E-state index is 0.00646. The van der Waals surface area contributed by atoms with Crippen molar-refractivity contribution in [2.24, 2.45) is 0 Å². The van der Waals surface area contributed by atoms with Crippen LogP contribution in [0.25, 0.3) is 0 Å². The van der Waals surface area contributed by atoms with Gasteiger partial charge in [0.2, 0.25) is 5.91 Å². The van der Waals surface area contributed by atoms with Crippen LogP contribution in [-0.4, -0.2) is 35.1 Å². The minimum Gasteiger partial charge on any atom is -0.494 e. The van der Waals surface area contributed by atoms with Gasteiger partial charge in [-0.25, -0.2) is 4.39 Å². The molecule has 0 N–H and O–H groups in total. The molecule has 0 aromatic heterocycles. The molecule has 26 heavy (non-hydrogen) atoms. The molecule has 1 amide bonds. The molecule has 0 heterocycles. The van der Waals surface area contributed by atoms with Gasteiger partial charge in [0, 0.05) is 30.6 Å². The Kier molecular flexibility index (Phi) is 6.57. The van der Waals surface area contributed by atoms with Gasteiger partial charge in [0.1, 0.15) is 0 Å². The number of nitro groups is 1. The Balaban J connectivity index is 1.98. The molecule has 138 valence electrons. The summed E-state index contributed by atoms with van der Waals surface area (Å²) in [5.41, 5.74) is 0.665. The van der Waals surface area contributed by atoms with Crippen molar-refractivity contribution in [3.63, 3.8) is 0 Å². The lowest BCUT2D eigenvalue weighted by Gasteiger charge is -2.21. The standard InChI is InChI=1S/C18H19FN2O4S/c1-12(26-15-7-5-14(6-8-15)21(23)24)18(22)20(2)11-13-4-9-17(25-3)16(19)10-13/h4-10,12H,11H2,1-3H3/t12-/m1/s1. The molecule has 0 saturated carbocycles. The van der Waals surface area contributed by atoms with Crippen molar-refractivity contribution < 1.29 is 18.8 Å². The molecule has 0 radical (unpaired) electrons. The lowest BCUT2D eigenvalue weighted by molar-refractivity contribution is -0.384. The molecule has 0 fully saturated rings. The highest BCUT2D eigenvalue weighted by molar-refractivity contribution is 8.00. The van der Waals surface area contributed by atoms with Gasteiger partial charge in [0.25, 0.3) is 5.69 Å². The molecule has 0 bridgehead atoms. The van der Waals surface area contributed by atoms with Gasteiger partial charge in [-0.15, -0.1) is 11.8 Å². The largest absolute Gasteiger partial charge is 0.494 e. The first kappa shape index (κ1) is 19.7. The first-order valence-electron chi connectivity index (χ1n) is 7.80. The van der Waals surface area contributed by atoms with Gasteiger partial charge in [0.05, 0.1) is 17.3 Å². The third kappa shape index (κ3) is 4.95. The summed E-state index contributed by atoms with van der Waals surface area (Å²) in [7, 11) is 3.04. The van der Waals surface area contributed by atoms with Crippen LogP contribution >= 0.6 is 11.8 Å². The second kappa shape index (κ2) is 8.66. The number of ether oxygens (including phenoxy) is 1. The molecule has 0 aliphatic carbocycles. The van der Waals surface area contributed by atoms with Gasteiger partial charge in [-0.1, -0.05) is 6.07 Å². The Bertz CT molecular complexity index is 798. The van der Waals surface area contributed by atoms with Crippen molar-refractivity contribution in [1.29, 1.82) is 0 Å². The average Bonchev–Trinajstić information content (AvgIpc) is 2.61. The van der Waals surface area contributed by atoms with Crippen molar-refractivity contribution in [3.05, 3.63) is 64.0 Å². The fourth-order valence-corrected chi connectivity index (χ4v) is 3.35. The zero-order chi connectivity index (χ0) is 19.3. The Hall–Kier alpha value is -2.61. The van der Waals surface area contributed by atoms with Crippen LogP contribution < -0.4 is 4.74 Å². The van der Waals surface area contributed by atoms with Crippen LogP contribution in [0.1, 0.15) is 12.5 Å². The number of thioether (sulfide) groups is 1. The molecule has 2 rings (SSSR count). The van der Waals surface area contributed by atoms with Crippen LogP contribution in [0.2, 0.25) is 0 Å². The maximum atomic E-state index is 13.8. The second-order valence-corrected chi connectivity index (χ2v) is 7.09. The van der Waals surface area contributed by atoms with Crippen molar-refractivity contribution >= 4 is 23.4 Å². The number of halogens is 1. The smallest absolute Gasteiger partial charge is 0.269 e. The van der Waals surface area contributed by atoms with Gasteiger partial charge in [-0.2, -0.15) is 0 Å². The van der Waals surface area contributed by atoms with Crippen LogP contribution in [-0.2, 0) is 11.3 Å². The lowest BCUT2D eigenvalue weighted by Crippen LogP contribution is -2.32. The fourth-order valence-electron chi connectivity index (χ4n) is 2.37. The number of nitro benzene ring substituents is 1. The van der Waals surface area contributed by atoms with E-state index in [1.807, 2.05) is 0 Å². The lowest BCUT2D eigenvalue weighted by atomic mass is 10.2. The third-order valence-electron chi connectivity index (χ3n) is 3.72. The minimum atomic E-state index is -0.473. The monoisotopic (exact) mass is 378 g/mol. The van der Waals surface area contributed by atoms with Crippen LogP contribution in [0, 0.1) is 15.9 Å². The Morgan fingerprint density at radius 3 is 2.50 bits per heavy atom. The van der Waals surface area contributed by atoms with Gasteiger partial charge in [-0.05, 0) is 36.8 Å². The third-order valence-corrected chi connectivity index (χ3v) is 4.82. The first-order chi connectivity index (χ1) is 12.3. The molecule has 0 aliphatic heterocycles. The van der Waals surface area contributed by atoms with Gasteiger partial charge in [0.15, 0.2) is 11.6 Å². The van der Waals surface area contributed by atoms with E-state index in [-0.39, 0.29) is 29.1 Å². The molecule has 0 spiro atoms. The zero-order valence-corrected chi connectivity index (χ0v) is 15.5. The van der Waals surface area contributed by atoms with E-state index in [2.05, 4.69) is 0 Å². The molecule has 2 aromatic carbocycles. The number of rotatable bonds is 7. The van der Waals surface area contributed by atoms with E-state index in [0.29, 0.717) is 5.56 Å². The highest BCUT2D eigenvalue weighted by Gasteiger charge is 2.19. The topological polar surface area (TPSA) is 72.7 Å². The van der Waals surface area contributed by atoms with Gasteiger partial charge >= 0.3 is 0 Å². The Labute approximate surface area is 155 Å². The van der Waals surface area contributed by atoms with Crippen LogP contribution in [0.3, 0.4) is 0 Å². The summed E-state index contributed by atoms with van der Waals surface area (Å²) in [6, 6.07) is 10.6. The summed E-state index contributed by atoms with van der Waals surface area (Å²) in [5.74, 6) is -0.437. The number of amides is 1. The molecule has 0 unspecified atom stereocenters. The van der Waals surface area contributed by atoms with Crippen molar-refractivity contribution in [1.82, 2.24) is 4.90 Å². The number of hydrogen-bond donors (Lipinski definition) is 0. The highest BCUT2D eigenvalue weighted by Crippen LogP contribution is 2.27. The van der Waals surface area contributed by atoms with E-state index < -0.39 is 10.7 Å². The number of methoxy groups -OCH3 is 1. The molecule has 8 heteroatoms. The zero-order valence-electron chi connectivity index (χ0n) is 14.6. The normalized spacial score (nSPS) is 11.7. The molecular formula is C18H19FN2O4S. The molecule has 0 saturated heterocycles. The Morgan fingerprint density at radius 2 is 1.96 bits per heavy atom. The van der Waals surface area contributed by atoms with Crippen LogP contribution in [0.4, 0.5) is 10.1 Å². The van der Waals surface area contributed by atoms with E-state index in [9.17, 15) is 19.3 Å². The number of carbonyl (C=O) groups is 1. The number of nitrogens with zero attached hydrogens (tertiary/aromatic N) is 2. The molecular weight excluding hydrogens is 359 g/mol. The maximum Gasteiger partial charge on any atom is 0.269 e. The molecule has 1 atom stereocenters. The van der Waals surface area contributed by atoms with Crippen LogP contribution in [0.5, 0.6) is 5.75 Å². The van der Waals surface area contributed by atoms with E-state index >= 15 is 0 Å². The Morgan fingerprint density at radius 1 is 1.31 bits per heavy atom. The second-order valence-electron chi connectivity index (χ2n) is 5.67. The summed E-state index contributed by atoms with van der Waals surface area (Å²) in [4.78, 5) is 25.0. The van der Waals surface area contributed by atoms with E-state index in [1.54, 1.807) is 32.2 Å². The molecule has 2 aromatic rings. The quantitative estimate of drug-likeness (QED) is 0.415. The van der Waals surface area contributed by atoms with Gasteiger partial charge in [-0.3, -0.25) is 14.9 Å².